The van der Waals surface area contributed by atoms with E-state index in [1.54, 1.807) is 0 Å². The Morgan fingerprint density at radius 2 is 0.563 bits per heavy atom. The molecular weight excluding hydrogens is 877 g/mol. The van der Waals surface area contributed by atoms with Gasteiger partial charge in [0.05, 0.1) is 0 Å². The van der Waals surface area contributed by atoms with Crippen molar-refractivity contribution in [1.29, 1.82) is 0 Å². The zero-order valence-electron chi connectivity index (χ0n) is 45.9. The average Bonchev–Trinajstić information content (AvgIpc) is 3.37. The molecule has 0 aliphatic heterocycles. The van der Waals surface area contributed by atoms with Gasteiger partial charge in [-0.3, -0.25) is 14.4 Å². The van der Waals surface area contributed by atoms with E-state index in [1.165, 1.54) is 109 Å². The molecule has 1 unspecified atom stereocenters. The Kier molecular flexibility index (Phi) is 54.9. The van der Waals surface area contributed by atoms with Crippen LogP contribution in [0.3, 0.4) is 0 Å². The standard InChI is InChI=1S/C65H106O6/c1-4-7-10-13-16-19-22-25-28-31-33-35-37-40-43-46-49-52-55-58-64(67)70-61-62(60-69-63(66)57-54-51-48-45-42-39-36-30-27-24-21-18-15-12-9-6-3)71-65(68)59-56-53-50-47-44-41-38-34-32-29-26-23-20-17-14-11-8-5-2/h7,10,13,16,19,22,25,28-38,40,43,62H,4-6,8-9,11-12,14-15,17-18,20-21,23-24,26-27,39,41-42,44-61H2,1-3H3/b10-7-,16-13-,22-19-,28-25-,32-29-,33-31+,36-30-,37-35-,38-34-,43-40-. The Hall–Kier alpha value is -4.19. The molecule has 0 aromatic heterocycles. The van der Waals surface area contributed by atoms with Crippen LogP contribution in [0.2, 0.25) is 0 Å². The van der Waals surface area contributed by atoms with Crippen molar-refractivity contribution in [2.45, 2.75) is 258 Å². The molecule has 0 aliphatic rings. The molecule has 0 spiro atoms. The predicted octanol–water partition coefficient (Wildman–Crippen LogP) is 19.6. The monoisotopic (exact) mass is 983 g/mol. The topological polar surface area (TPSA) is 78.9 Å². The van der Waals surface area contributed by atoms with Gasteiger partial charge in [0.15, 0.2) is 6.10 Å². The maximum absolute atomic E-state index is 12.9. The molecule has 0 N–H and O–H groups in total. The molecule has 0 saturated carbocycles. The first kappa shape index (κ1) is 66.8. The summed E-state index contributed by atoms with van der Waals surface area (Å²) in [6.07, 6.45) is 80.4. The Bertz CT molecular complexity index is 1500. The molecule has 0 amide bonds. The maximum atomic E-state index is 12.9. The first-order valence-corrected chi connectivity index (χ1v) is 29.2. The summed E-state index contributed by atoms with van der Waals surface area (Å²) in [6.45, 7) is 6.43. The maximum Gasteiger partial charge on any atom is 0.306 e. The minimum absolute atomic E-state index is 0.106. The third kappa shape index (κ3) is 56.6. The summed E-state index contributed by atoms with van der Waals surface area (Å²) in [5.41, 5.74) is 0. The molecule has 0 rings (SSSR count). The third-order valence-corrected chi connectivity index (χ3v) is 12.1. The van der Waals surface area contributed by atoms with E-state index >= 15 is 0 Å². The van der Waals surface area contributed by atoms with Crippen LogP contribution in [0.25, 0.3) is 0 Å². The van der Waals surface area contributed by atoms with Crippen molar-refractivity contribution in [2.24, 2.45) is 0 Å². The van der Waals surface area contributed by atoms with Crippen LogP contribution in [0, 0.1) is 0 Å². The van der Waals surface area contributed by atoms with Crippen molar-refractivity contribution in [3.8, 4) is 0 Å². The third-order valence-electron chi connectivity index (χ3n) is 12.1. The minimum atomic E-state index is -0.813. The quantitative estimate of drug-likeness (QED) is 0.0199. The summed E-state index contributed by atoms with van der Waals surface area (Å²) in [4.78, 5) is 38.2. The number of hydrogen-bond donors (Lipinski definition) is 0. The van der Waals surface area contributed by atoms with Gasteiger partial charge in [0, 0.05) is 19.3 Å². The number of rotatable bonds is 51. The van der Waals surface area contributed by atoms with Gasteiger partial charge in [-0.15, -0.1) is 0 Å². The van der Waals surface area contributed by atoms with Gasteiger partial charge in [-0.2, -0.15) is 0 Å². The first-order chi connectivity index (χ1) is 35.0. The molecule has 1 atom stereocenters. The van der Waals surface area contributed by atoms with E-state index < -0.39 is 6.10 Å². The van der Waals surface area contributed by atoms with Gasteiger partial charge in [-0.25, -0.2) is 0 Å². The van der Waals surface area contributed by atoms with Gasteiger partial charge in [-0.1, -0.05) is 264 Å². The molecular formula is C65H106O6. The second-order valence-electron chi connectivity index (χ2n) is 19.0. The summed E-state index contributed by atoms with van der Waals surface area (Å²) in [7, 11) is 0. The fourth-order valence-electron chi connectivity index (χ4n) is 7.76. The Morgan fingerprint density at radius 3 is 0.930 bits per heavy atom. The van der Waals surface area contributed by atoms with Gasteiger partial charge >= 0.3 is 17.9 Å². The van der Waals surface area contributed by atoms with Gasteiger partial charge in [0.2, 0.25) is 0 Å². The largest absolute Gasteiger partial charge is 0.462 e. The molecule has 71 heavy (non-hydrogen) atoms. The van der Waals surface area contributed by atoms with Crippen LogP contribution in [0.1, 0.15) is 252 Å². The summed E-state index contributed by atoms with van der Waals surface area (Å²) in [5.74, 6) is -0.976. The lowest BCUT2D eigenvalue weighted by Crippen LogP contribution is -2.30. The van der Waals surface area contributed by atoms with Crippen molar-refractivity contribution in [3.63, 3.8) is 0 Å². The number of allylic oxidation sites excluding steroid dienone is 20. The van der Waals surface area contributed by atoms with E-state index in [9.17, 15) is 14.4 Å². The lowest BCUT2D eigenvalue weighted by Gasteiger charge is -2.18. The molecule has 0 heterocycles. The van der Waals surface area contributed by atoms with Crippen molar-refractivity contribution < 1.29 is 28.6 Å². The van der Waals surface area contributed by atoms with E-state index in [2.05, 4.69) is 69.4 Å². The highest BCUT2D eigenvalue weighted by molar-refractivity contribution is 5.71. The summed E-state index contributed by atoms with van der Waals surface area (Å²) in [6, 6.07) is 0. The van der Waals surface area contributed by atoms with Crippen LogP contribution in [0.15, 0.2) is 122 Å². The zero-order valence-corrected chi connectivity index (χ0v) is 45.9. The van der Waals surface area contributed by atoms with E-state index in [4.69, 9.17) is 14.2 Å². The van der Waals surface area contributed by atoms with Gasteiger partial charge in [-0.05, 0) is 89.9 Å². The van der Waals surface area contributed by atoms with E-state index in [-0.39, 0.29) is 31.1 Å². The SMILES string of the molecule is CC\C=C/C=C\C=C/C=C\C=C\C=C/C=C\CCCCCC(=O)OCC(COC(=O)CCCCCCC/C=C\CCCCCCCCC)OC(=O)CCCCCCC/C=C\C=C/CCCCCCCCC. The number of esters is 3. The van der Waals surface area contributed by atoms with Crippen LogP contribution in [0.4, 0.5) is 0 Å². The lowest BCUT2D eigenvalue weighted by molar-refractivity contribution is -0.167. The van der Waals surface area contributed by atoms with E-state index in [0.29, 0.717) is 19.3 Å². The molecule has 0 fully saturated rings. The normalized spacial score (nSPS) is 13.0. The van der Waals surface area contributed by atoms with Crippen LogP contribution >= 0.6 is 0 Å². The number of carbonyl (C=O) groups is 3. The average molecular weight is 984 g/mol. The van der Waals surface area contributed by atoms with Crippen molar-refractivity contribution in [1.82, 2.24) is 0 Å². The fraction of sp³-hybridized carbons (Fsp3) is 0.646. The Labute approximate surface area is 437 Å². The molecule has 0 aromatic carbocycles. The Balaban J connectivity index is 4.55. The van der Waals surface area contributed by atoms with Crippen molar-refractivity contribution in [3.05, 3.63) is 122 Å². The smallest absolute Gasteiger partial charge is 0.306 e. The summed E-state index contributed by atoms with van der Waals surface area (Å²) < 4.78 is 16.8. The van der Waals surface area contributed by atoms with Gasteiger partial charge in [0.25, 0.3) is 0 Å². The van der Waals surface area contributed by atoms with E-state index in [1.807, 2.05) is 72.9 Å². The summed E-state index contributed by atoms with van der Waals surface area (Å²) >= 11 is 0. The lowest BCUT2D eigenvalue weighted by atomic mass is 10.1. The highest BCUT2D eigenvalue weighted by Crippen LogP contribution is 2.14. The van der Waals surface area contributed by atoms with Crippen LogP contribution in [0.5, 0.6) is 0 Å². The highest BCUT2D eigenvalue weighted by atomic mass is 16.6. The van der Waals surface area contributed by atoms with Crippen molar-refractivity contribution >= 4 is 17.9 Å². The molecule has 0 saturated heterocycles. The molecule has 0 aromatic rings. The summed E-state index contributed by atoms with van der Waals surface area (Å²) in [5, 5.41) is 0. The fourth-order valence-corrected chi connectivity index (χ4v) is 7.76. The molecule has 6 nitrogen and oxygen atoms in total. The minimum Gasteiger partial charge on any atom is -0.462 e. The number of unbranched alkanes of at least 4 members (excludes halogenated alkanes) is 27. The first-order valence-electron chi connectivity index (χ1n) is 29.2. The zero-order chi connectivity index (χ0) is 51.4. The second-order valence-corrected chi connectivity index (χ2v) is 19.0. The van der Waals surface area contributed by atoms with Gasteiger partial charge in [0.1, 0.15) is 13.2 Å². The molecule has 402 valence electrons. The molecule has 0 bridgehead atoms. The van der Waals surface area contributed by atoms with Crippen LogP contribution < -0.4 is 0 Å². The van der Waals surface area contributed by atoms with Gasteiger partial charge < -0.3 is 14.2 Å². The Morgan fingerprint density at radius 1 is 0.296 bits per heavy atom. The molecule has 6 heteroatoms. The number of ether oxygens (including phenoxy) is 3. The van der Waals surface area contributed by atoms with E-state index in [0.717, 1.165) is 103 Å². The molecule has 0 aliphatic carbocycles. The highest BCUT2D eigenvalue weighted by Gasteiger charge is 2.19. The van der Waals surface area contributed by atoms with Crippen LogP contribution in [-0.4, -0.2) is 37.2 Å². The van der Waals surface area contributed by atoms with Crippen LogP contribution in [-0.2, 0) is 28.6 Å². The molecule has 0 radical (unpaired) electrons. The van der Waals surface area contributed by atoms with Crippen molar-refractivity contribution in [2.75, 3.05) is 13.2 Å². The predicted molar refractivity (Wildman–Crippen MR) is 306 cm³/mol. The number of hydrogen-bond acceptors (Lipinski definition) is 6. The number of carbonyl (C=O) groups excluding carboxylic acids is 3. The second kappa shape index (κ2) is 58.4.